The van der Waals surface area contributed by atoms with Crippen molar-refractivity contribution in [3.8, 4) is 11.5 Å². The molecule has 4 heteroatoms. The number of rotatable bonds is 4. The highest BCUT2D eigenvalue weighted by Gasteiger charge is 2.11. The summed E-state index contributed by atoms with van der Waals surface area (Å²) in [6, 6.07) is 12.0. The summed E-state index contributed by atoms with van der Waals surface area (Å²) in [7, 11) is 1.89. The van der Waals surface area contributed by atoms with Crippen molar-refractivity contribution in [2.24, 2.45) is 0 Å². The third-order valence-electron chi connectivity index (χ3n) is 2.90. The molecule has 19 heavy (non-hydrogen) atoms. The van der Waals surface area contributed by atoms with Gasteiger partial charge >= 0.3 is 0 Å². The highest BCUT2D eigenvalue weighted by atomic mass is 79.9. The van der Waals surface area contributed by atoms with E-state index in [1.807, 2.05) is 32.2 Å². The van der Waals surface area contributed by atoms with Gasteiger partial charge < -0.3 is 10.1 Å². The third-order valence-corrected chi connectivity index (χ3v) is 3.39. The number of ether oxygens (including phenoxy) is 1. The smallest absolute Gasteiger partial charge is 0.132 e. The Kier molecular flexibility index (Phi) is 4.56. The number of halogens is 2. The Labute approximate surface area is 120 Å². The Balaban J connectivity index is 2.34. The highest BCUT2D eigenvalue weighted by molar-refractivity contribution is 9.10. The lowest BCUT2D eigenvalue weighted by Gasteiger charge is -2.16. The van der Waals surface area contributed by atoms with Crippen molar-refractivity contribution in [3.63, 3.8) is 0 Å². The fourth-order valence-electron chi connectivity index (χ4n) is 1.76. The molecule has 0 aliphatic rings. The molecule has 0 aliphatic heterocycles. The van der Waals surface area contributed by atoms with E-state index >= 15 is 0 Å². The number of hydrogen-bond donors (Lipinski definition) is 1. The average Bonchev–Trinajstić information content (AvgIpc) is 2.40. The Morgan fingerprint density at radius 3 is 2.68 bits per heavy atom. The average molecular weight is 324 g/mol. The first-order valence-corrected chi connectivity index (χ1v) is 6.79. The van der Waals surface area contributed by atoms with E-state index in [9.17, 15) is 4.39 Å². The van der Waals surface area contributed by atoms with Crippen LogP contribution in [0.3, 0.4) is 0 Å². The van der Waals surface area contributed by atoms with Gasteiger partial charge in [0.15, 0.2) is 0 Å². The van der Waals surface area contributed by atoms with E-state index in [0.29, 0.717) is 5.75 Å². The van der Waals surface area contributed by atoms with Crippen LogP contribution in [0.5, 0.6) is 11.5 Å². The minimum absolute atomic E-state index is 0.140. The molecule has 2 aromatic carbocycles. The molecule has 0 aromatic heterocycles. The van der Waals surface area contributed by atoms with Crippen molar-refractivity contribution in [3.05, 3.63) is 58.3 Å². The highest BCUT2D eigenvalue weighted by Crippen LogP contribution is 2.32. The first-order valence-electron chi connectivity index (χ1n) is 6.00. The van der Waals surface area contributed by atoms with Crippen LogP contribution in [0.15, 0.2) is 46.9 Å². The van der Waals surface area contributed by atoms with E-state index in [-0.39, 0.29) is 11.9 Å². The van der Waals surface area contributed by atoms with E-state index in [4.69, 9.17) is 4.74 Å². The Morgan fingerprint density at radius 1 is 1.21 bits per heavy atom. The molecular formula is C15H15BrFNO. The molecule has 0 heterocycles. The fraction of sp³-hybridized carbons (Fsp3) is 0.200. The van der Waals surface area contributed by atoms with E-state index in [1.54, 1.807) is 12.1 Å². The maximum Gasteiger partial charge on any atom is 0.132 e. The maximum absolute atomic E-state index is 13.2. The van der Waals surface area contributed by atoms with E-state index in [2.05, 4.69) is 21.2 Å². The molecule has 2 rings (SSSR count). The lowest BCUT2D eigenvalue weighted by molar-refractivity contribution is 0.461. The second kappa shape index (κ2) is 6.17. The van der Waals surface area contributed by atoms with Gasteiger partial charge in [0.05, 0.1) is 0 Å². The molecule has 0 bridgehead atoms. The first kappa shape index (κ1) is 14.0. The van der Waals surface area contributed by atoms with Gasteiger partial charge in [-0.25, -0.2) is 4.39 Å². The van der Waals surface area contributed by atoms with Crippen LogP contribution in [-0.2, 0) is 0 Å². The third kappa shape index (κ3) is 3.55. The molecule has 1 N–H and O–H groups in total. The van der Waals surface area contributed by atoms with E-state index in [0.717, 1.165) is 15.8 Å². The molecule has 100 valence electrons. The second-order valence-electron chi connectivity index (χ2n) is 4.25. The molecule has 0 radical (unpaired) electrons. The second-order valence-corrected chi connectivity index (χ2v) is 5.17. The minimum atomic E-state index is -0.308. The lowest BCUT2D eigenvalue weighted by Crippen LogP contribution is -2.13. The van der Waals surface area contributed by atoms with Gasteiger partial charge in [0.25, 0.3) is 0 Å². The van der Waals surface area contributed by atoms with Crippen LogP contribution in [0.1, 0.15) is 18.5 Å². The molecule has 0 spiro atoms. The van der Waals surface area contributed by atoms with Crippen LogP contribution >= 0.6 is 15.9 Å². The van der Waals surface area contributed by atoms with Crippen molar-refractivity contribution in [2.75, 3.05) is 7.05 Å². The van der Waals surface area contributed by atoms with Gasteiger partial charge in [0.2, 0.25) is 0 Å². The molecule has 2 aromatic rings. The van der Waals surface area contributed by atoms with Gasteiger partial charge in [0.1, 0.15) is 17.3 Å². The van der Waals surface area contributed by atoms with Gasteiger partial charge in [-0.15, -0.1) is 0 Å². The molecular weight excluding hydrogens is 309 g/mol. The lowest BCUT2D eigenvalue weighted by atomic mass is 10.1. The fourth-order valence-corrected chi connectivity index (χ4v) is 2.14. The normalized spacial score (nSPS) is 12.2. The van der Waals surface area contributed by atoms with Crippen LogP contribution < -0.4 is 10.1 Å². The predicted molar refractivity (Wildman–Crippen MR) is 78.1 cm³/mol. The summed E-state index contributed by atoms with van der Waals surface area (Å²) in [5.41, 5.74) is 1.01. The van der Waals surface area contributed by atoms with E-state index < -0.39 is 0 Å². The zero-order valence-corrected chi connectivity index (χ0v) is 12.4. The summed E-state index contributed by atoms with van der Waals surface area (Å²) in [6.07, 6.45) is 0. The minimum Gasteiger partial charge on any atom is -0.457 e. The van der Waals surface area contributed by atoms with Crippen LogP contribution in [0, 0.1) is 5.82 Å². The van der Waals surface area contributed by atoms with Gasteiger partial charge in [-0.1, -0.05) is 22.0 Å². The monoisotopic (exact) mass is 323 g/mol. The van der Waals surface area contributed by atoms with E-state index in [1.165, 1.54) is 12.1 Å². The van der Waals surface area contributed by atoms with Crippen LogP contribution in [0.4, 0.5) is 4.39 Å². The summed E-state index contributed by atoms with van der Waals surface area (Å²) >= 11 is 3.45. The van der Waals surface area contributed by atoms with Crippen molar-refractivity contribution >= 4 is 15.9 Å². The molecule has 0 amide bonds. The molecule has 0 aliphatic carbocycles. The van der Waals surface area contributed by atoms with Gasteiger partial charge in [-0.05, 0) is 44.3 Å². The van der Waals surface area contributed by atoms with Gasteiger partial charge in [-0.2, -0.15) is 0 Å². The molecule has 0 saturated carbocycles. The van der Waals surface area contributed by atoms with Crippen molar-refractivity contribution in [1.29, 1.82) is 0 Å². The van der Waals surface area contributed by atoms with Crippen LogP contribution in [0.25, 0.3) is 0 Å². The number of hydrogen-bond acceptors (Lipinski definition) is 2. The molecule has 1 unspecified atom stereocenters. The zero-order chi connectivity index (χ0) is 13.8. The van der Waals surface area contributed by atoms with Crippen molar-refractivity contribution in [2.45, 2.75) is 13.0 Å². The summed E-state index contributed by atoms with van der Waals surface area (Å²) in [5.74, 6) is 0.903. The predicted octanol–water partition coefficient (Wildman–Crippen LogP) is 4.66. The topological polar surface area (TPSA) is 21.3 Å². The summed E-state index contributed by atoms with van der Waals surface area (Å²) in [5, 5.41) is 3.17. The maximum atomic E-state index is 13.2. The van der Waals surface area contributed by atoms with Crippen LogP contribution in [-0.4, -0.2) is 7.05 Å². The Hall–Kier alpha value is -1.39. The van der Waals surface area contributed by atoms with Gasteiger partial charge in [0, 0.05) is 22.1 Å². The molecule has 1 atom stereocenters. The SMILES string of the molecule is CNC(C)c1cc(Br)ccc1Oc1cccc(F)c1. The first-order chi connectivity index (χ1) is 9.10. The quantitative estimate of drug-likeness (QED) is 0.883. The standard InChI is InChI=1S/C15H15BrFNO/c1-10(18-2)14-8-11(16)6-7-15(14)19-13-5-3-4-12(17)9-13/h3-10,18H,1-2H3. The summed E-state index contributed by atoms with van der Waals surface area (Å²) in [6.45, 7) is 2.04. The molecule has 0 fully saturated rings. The van der Waals surface area contributed by atoms with Crippen molar-refractivity contribution in [1.82, 2.24) is 5.32 Å². The summed E-state index contributed by atoms with van der Waals surface area (Å²) < 4.78 is 19.9. The Bertz CT molecular complexity index is 574. The van der Waals surface area contributed by atoms with Crippen molar-refractivity contribution < 1.29 is 9.13 Å². The largest absolute Gasteiger partial charge is 0.457 e. The summed E-state index contributed by atoms with van der Waals surface area (Å²) in [4.78, 5) is 0. The number of nitrogens with one attached hydrogen (secondary N) is 1. The van der Waals surface area contributed by atoms with Gasteiger partial charge in [-0.3, -0.25) is 0 Å². The Morgan fingerprint density at radius 2 is 2.00 bits per heavy atom. The molecule has 0 saturated heterocycles. The zero-order valence-electron chi connectivity index (χ0n) is 10.8. The number of benzene rings is 2. The molecule has 2 nitrogen and oxygen atoms in total. The van der Waals surface area contributed by atoms with Crippen LogP contribution in [0.2, 0.25) is 0 Å².